The molecule has 2 heterocycles. The van der Waals surface area contributed by atoms with Crippen molar-refractivity contribution >= 4 is 21.6 Å². The van der Waals surface area contributed by atoms with Crippen molar-refractivity contribution in [1.82, 2.24) is 19.1 Å². The van der Waals surface area contributed by atoms with Gasteiger partial charge in [0.25, 0.3) is 0 Å². The molecule has 0 unspecified atom stereocenters. The van der Waals surface area contributed by atoms with Gasteiger partial charge in [0, 0.05) is 31.5 Å². The summed E-state index contributed by atoms with van der Waals surface area (Å²) in [5.41, 5.74) is 2.08. The normalized spacial score (nSPS) is 11.9. The molecule has 2 aromatic heterocycles. The van der Waals surface area contributed by atoms with Gasteiger partial charge in [0.1, 0.15) is 11.4 Å². The Labute approximate surface area is 140 Å². The van der Waals surface area contributed by atoms with Crippen molar-refractivity contribution in [3.63, 3.8) is 0 Å². The molecule has 0 aliphatic carbocycles. The van der Waals surface area contributed by atoms with Crippen LogP contribution in [0.3, 0.4) is 0 Å². The number of carbonyl (C=O) groups is 2. The van der Waals surface area contributed by atoms with E-state index in [0.29, 0.717) is 22.5 Å². The molecule has 8 nitrogen and oxygen atoms in total. The fourth-order valence-corrected chi connectivity index (χ4v) is 3.42. The number of hydrogen-bond acceptors (Lipinski definition) is 5. The highest BCUT2D eigenvalue weighted by Crippen LogP contribution is 2.19. The third kappa shape index (κ3) is 3.17. The lowest BCUT2D eigenvalue weighted by Crippen LogP contribution is -2.21. The number of aromatic amines is 1. The SMILES string of the molecule is CC(=O)c1c(C)[nH]c(C(=O)Cn2cc(S(=O)(=O)N(C)C)cn2)c1C. The second kappa shape index (κ2) is 6.33. The molecule has 0 aromatic carbocycles. The number of ketones is 2. The minimum absolute atomic E-state index is 0.0177. The summed E-state index contributed by atoms with van der Waals surface area (Å²) in [6.07, 6.45) is 2.51. The number of hydrogen-bond donors (Lipinski definition) is 1. The molecule has 0 aliphatic rings. The molecule has 0 aliphatic heterocycles. The summed E-state index contributed by atoms with van der Waals surface area (Å²) in [5, 5.41) is 3.93. The number of aryl methyl sites for hydroxylation is 1. The third-order valence-electron chi connectivity index (χ3n) is 3.76. The molecule has 2 rings (SSSR count). The Bertz CT molecular complexity index is 906. The van der Waals surface area contributed by atoms with E-state index in [0.717, 1.165) is 4.31 Å². The van der Waals surface area contributed by atoms with Gasteiger partial charge in [0.05, 0.1) is 11.9 Å². The summed E-state index contributed by atoms with van der Waals surface area (Å²) >= 11 is 0. The summed E-state index contributed by atoms with van der Waals surface area (Å²) in [6, 6.07) is 0. The highest BCUT2D eigenvalue weighted by atomic mass is 32.2. The predicted octanol–water partition coefficient (Wildman–Crippen LogP) is 1.16. The Hall–Kier alpha value is -2.26. The highest BCUT2D eigenvalue weighted by Gasteiger charge is 2.22. The number of rotatable bonds is 6. The van der Waals surface area contributed by atoms with Gasteiger partial charge in [0.15, 0.2) is 5.78 Å². The lowest BCUT2D eigenvalue weighted by atomic mass is 10.1. The fourth-order valence-electron chi connectivity index (χ4n) is 2.56. The van der Waals surface area contributed by atoms with Crippen LogP contribution in [0.25, 0.3) is 0 Å². The molecule has 0 saturated carbocycles. The first-order chi connectivity index (χ1) is 11.1. The Balaban J connectivity index is 2.28. The van der Waals surface area contributed by atoms with E-state index in [1.165, 1.54) is 38.1 Å². The fraction of sp³-hybridized carbons (Fsp3) is 0.400. The van der Waals surface area contributed by atoms with Gasteiger partial charge in [0.2, 0.25) is 15.8 Å². The van der Waals surface area contributed by atoms with E-state index < -0.39 is 10.0 Å². The van der Waals surface area contributed by atoms with Crippen molar-refractivity contribution in [1.29, 1.82) is 0 Å². The smallest absolute Gasteiger partial charge is 0.245 e. The summed E-state index contributed by atoms with van der Waals surface area (Å²) < 4.78 is 26.4. The Morgan fingerprint density at radius 3 is 2.42 bits per heavy atom. The lowest BCUT2D eigenvalue weighted by molar-refractivity contribution is 0.0962. The number of H-pyrrole nitrogens is 1. The van der Waals surface area contributed by atoms with Crippen LogP contribution in [-0.4, -0.2) is 53.1 Å². The van der Waals surface area contributed by atoms with Gasteiger partial charge in [-0.05, 0) is 26.3 Å². The zero-order valence-electron chi connectivity index (χ0n) is 14.2. The Kier molecular flexibility index (Phi) is 4.77. The molecule has 0 spiro atoms. The average molecular weight is 352 g/mol. The molecule has 0 fully saturated rings. The molecule has 0 atom stereocenters. The number of nitrogens with zero attached hydrogens (tertiary/aromatic N) is 3. The number of nitrogens with one attached hydrogen (secondary N) is 1. The van der Waals surface area contributed by atoms with Crippen LogP contribution in [0.2, 0.25) is 0 Å². The van der Waals surface area contributed by atoms with Crippen molar-refractivity contribution in [2.45, 2.75) is 32.2 Å². The average Bonchev–Trinajstić information content (AvgIpc) is 3.03. The summed E-state index contributed by atoms with van der Waals surface area (Å²) in [6.45, 7) is 4.76. The van der Waals surface area contributed by atoms with E-state index in [2.05, 4.69) is 10.1 Å². The number of Topliss-reactive ketones (excluding diaryl/α,β-unsaturated/α-hetero) is 2. The van der Waals surface area contributed by atoms with Crippen LogP contribution < -0.4 is 0 Å². The third-order valence-corrected chi connectivity index (χ3v) is 5.53. The number of aromatic nitrogens is 3. The van der Waals surface area contributed by atoms with Crippen LogP contribution in [0.15, 0.2) is 17.3 Å². The molecule has 0 radical (unpaired) electrons. The van der Waals surface area contributed by atoms with Crippen LogP contribution in [0.5, 0.6) is 0 Å². The lowest BCUT2D eigenvalue weighted by Gasteiger charge is -2.08. The molecular weight excluding hydrogens is 332 g/mol. The highest BCUT2D eigenvalue weighted by molar-refractivity contribution is 7.89. The van der Waals surface area contributed by atoms with Crippen molar-refractivity contribution in [2.75, 3.05) is 14.1 Å². The molecule has 1 N–H and O–H groups in total. The number of sulfonamides is 1. The minimum atomic E-state index is -3.59. The number of carbonyl (C=O) groups excluding carboxylic acids is 2. The Morgan fingerprint density at radius 2 is 1.92 bits per heavy atom. The summed E-state index contributed by atoms with van der Waals surface area (Å²) in [7, 11) is -0.747. The van der Waals surface area contributed by atoms with Gasteiger partial charge in [-0.2, -0.15) is 5.10 Å². The molecule has 9 heteroatoms. The maximum absolute atomic E-state index is 12.5. The quantitative estimate of drug-likeness (QED) is 0.786. The molecule has 24 heavy (non-hydrogen) atoms. The largest absolute Gasteiger partial charge is 0.355 e. The molecule has 0 bridgehead atoms. The van der Waals surface area contributed by atoms with Gasteiger partial charge in [-0.3, -0.25) is 14.3 Å². The first-order valence-electron chi connectivity index (χ1n) is 7.24. The first-order valence-corrected chi connectivity index (χ1v) is 8.68. The molecular formula is C15H20N4O4S. The first kappa shape index (κ1) is 18.1. The van der Waals surface area contributed by atoms with Crippen LogP contribution >= 0.6 is 0 Å². The summed E-state index contributed by atoms with van der Waals surface area (Å²) in [4.78, 5) is 27.0. The van der Waals surface area contributed by atoms with Gasteiger partial charge in [-0.15, -0.1) is 0 Å². The van der Waals surface area contributed by atoms with Gasteiger partial charge < -0.3 is 4.98 Å². The van der Waals surface area contributed by atoms with Gasteiger partial charge >= 0.3 is 0 Å². The minimum Gasteiger partial charge on any atom is -0.355 e. The van der Waals surface area contributed by atoms with Crippen LogP contribution in [0.1, 0.15) is 39.0 Å². The summed E-state index contributed by atoms with van der Waals surface area (Å²) in [5.74, 6) is -0.390. The second-order valence-corrected chi connectivity index (χ2v) is 7.92. The predicted molar refractivity (Wildman–Crippen MR) is 87.7 cm³/mol. The Morgan fingerprint density at radius 1 is 1.29 bits per heavy atom. The monoisotopic (exact) mass is 352 g/mol. The zero-order valence-corrected chi connectivity index (χ0v) is 15.1. The maximum atomic E-state index is 12.5. The van der Waals surface area contributed by atoms with E-state index in [9.17, 15) is 18.0 Å². The van der Waals surface area contributed by atoms with Crippen molar-refractivity contribution in [3.8, 4) is 0 Å². The van der Waals surface area contributed by atoms with Crippen LogP contribution in [0, 0.1) is 13.8 Å². The van der Waals surface area contributed by atoms with Crippen molar-refractivity contribution in [2.24, 2.45) is 0 Å². The van der Waals surface area contributed by atoms with Crippen molar-refractivity contribution in [3.05, 3.63) is 34.9 Å². The van der Waals surface area contributed by atoms with Gasteiger partial charge in [-0.25, -0.2) is 12.7 Å². The van der Waals surface area contributed by atoms with Crippen LogP contribution in [-0.2, 0) is 16.6 Å². The van der Waals surface area contributed by atoms with E-state index in [1.54, 1.807) is 13.8 Å². The molecule has 130 valence electrons. The van der Waals surface area contributed by atoms with Crippen LogP contribution in [0.4, 0.5) is 0 Å². The van der Waals surface area contributed by atoms with E-state index >= 15 is 0 Å². The zero-order chi connectivity index (χ0) is 18.2. The standard InChI is InChI=1S/C15H20N4O4S/c1-9-14(11(3)20)10(2)17-15(9)13(21)8-19-7-12(6-16-19)24(22,23)18(4)5/h6-7,17H,8H2,1-5H3. The van der Waals surface area contributed by atoms with Gasteiger partial charge in [-0.1, -0.05) is 0 Å². The van der Waals surface area contributed by atoms with E-state index in [4.69, 9.17) is 0 Å². The maximum Gasteiger partial charge on any atom is 0.245 e. The van der Waals surface area contributed by atoms with Crippen molar-refractivity contribution < 1.29 is 18.0 Å². The molecule has 0 saturated heterocycles. The van der Waals surface area contributed by atoms with E-state index in [-0.39, 0.29) is 23.0 Å². The topological polar surface area (TPSA) is 105 Å². The second-order valence-electron chi connectivity index (χ2n) is 5.77. The molecule has 0 amide bonds. The molecule has 2 aromatic rings. The van der Waals surface area contributed by atoms with E-state index in [1.807, 2.05) is 0 Å².